The van der Waals surface area contributed by atoms with Crippen LogP contribution in [0.1, 0.15) is 31.1 Å². The fourth-order valence-corrected chi connectivity index (χ4v) is 2.81. The quantitative estimate of drug-likeness (QED) is 0.473. The van der Waals surface area contributed by atoms with E-state index < -0.39 is 17.5 Å². The SMILES string of the molecule is CC(C)(C)OC(=O)/C(C#N)=C/Nc1scc(-c2ccco2)c1C(=O)O. The number of hydrogen-bond acceptors (Lipinski definition) is 7. The van der Waals surface area contributed by atoms with Crippen LogP contribution < -0.4 is 5.32 Å². The molecule has 2 heterocycles. The first-order chi connectivity index (χ1) is 11.7. The lowest BCUT2D eigenvalue weighted by atomic mass is 10.1. The Hall–Kier alpha value is -3.05. The summed E-state index contributed by atoms with van der Waals surface area (Å²) in [6, 6.07) is 5.04. The summed E-state index contributed by atoms with van der Waals surface area (Å²) in [5.41, 5.74) is -0.597. The molecule has 0 saturated carbocycles. The lowest BCUT2D eigenvalue weighted by Crippen LogP contribution is -2.24. The molecule has 0 aliphatic heterocycles. The number of ether oxygens (including phenoxy) is 1. The van der Waals surface area contributed by atoms with E-state index in [0.717, 1.165) is 17.5 Å². The number of rotatable bonds is 5. The average Bonchev–Trinajstić information content (AvgIpc) is 3.14. The topological polar surface area (TPSA) is 113 Å². The standard InChI is InChI=1S/C17H16N2O5S/c1-17(2,3)24-16(22)10(7-18)8-19-14-13(15(20)21)11(9-25-14)12-5-4-6-23-12/h4-6,8-9,19H,1-3H3,(H,20,21)/b10-8+. The van der Waals surface area contributed by atoms with E-state index in [0.29, 0.717) is 11.3 Å². The van der Waals surface area contributed by atoms with Gasteiger partial charge in [0, 0.05) is 17.1 Å². The number of carboxylic acids is 1. The summed E-state index contributed by atoms with van der Waals surface area (Å²) in [5, 5.41) is 23.2. The van der Waals surface area contributed by atoms with Crippen molar-refractivity contribution in [2.75, 3.05) is 5.32 Å². The number of nitriles is 1. The van der Waals surface area contributed by atoms with Crippen LogP contribution in [0, 0.1) is 11.3 Å². The normalized spacial score (nSPS) is 11.7. The van der Waals surface area contributed by atoms with Gasteiger partial charge in [0.1, 0.15) is 28.0 Å². The van der Waals surface area contributed by atoms with E-state index in [1.54, 1.807) is 44.4 Å². The maximum absolute atomic E-state index is 11.9. The fraction of sp³-hybridized carbons (Fsp3) is 0.235. The number of hydrogen-bond donors (Lipinski definition) is 2. The first-order valence-electron chi connectivity index (χ1n) is 7.21. The second-order valence-corrected chi connectivity index (χ2v) is 6.83. The van der Waals surface area contributed by atoms with Crippen molar-refractivity contribution in [3.63, 3.8) is 0 Å². The average molecular weight is 360 g/mol. The molecule has 0 unspecified atom stereocenters. The summed E-state index contributed by atoms with van der Waals surface area (Å²) in [6.07, 6.45) is 2.58. The predicted molar refractivity (Wildman–Crippen MR) is 92.1 cm³/mol. The van der Waals surface area contributed by atoms with Crippen molar-refractivity contribution < 1.29 is 23.8 Å². The summed E-state index contributed by atoms with van der Waals surface area (Å²) < 4.78 is 10.4. The van der Waals surface area contributed by atoms with Crippen molar-refractivity contribution in [2.45, 2.75) is 26.4 Å². The highest BCUT2D eigenvalue weighted by Gasteiger charge is 2.22. The van der Waals surface area contributed by atoms with E-state index in [1.165, 1.54) is 6.26 Å². The van der Waals surface area contributed by atoms with Crippen LogP contribution in [0.5, 0.6) is 0 Å². The summed E-state index contributed by atoms with van der Waals surface area (Å²) >= 11 is 1.12. The number of thiophene rings is 1. The van der Waals surface area contributed by atoms with Crippen LogP contribution >= 0.6 is 11.3 Å². The Bertz CT molecular complexity index is 851. The molecule has 0 amide bonds. The molecule has 0 aliphatic rings. The van der Waals surface area contributed by atoms with Gasteiger partial charge in [-0.05, 0) is 32.9 Å². The molecule has 0 spiro atoms. The van der Waals surface area contributed by atoms with Crippen LogP contribution in [0.4, 0.5) is 5.00 Å². The highest BCUT2D eigenvalue weighted by Crippen LogP contribution is 2.36. The summed E-state index contributed by atoms with van der Waals surface area (Å²) in [7, 11) is 0. The van der Waals surface area contributed by atoms with Gasteiger partial charge >= 0.3 is 11.9 Å². The molecule has 0 aliphatic carbocycles. The molecule has 0 atom stereocenters. The third kappa shape index (κ3) is 4.49. The van der Waals surface area contributed by atoms with E-state index in [1.807, 2.05) is 0 Å². The Kier molecular flexibility index (Phi) is 5.29. The number of furan rings is 1. The van der Waals surface area contributed by atoms with Gasteiger partial charge in [0.2, 0.25) is 0 Å². The molecule has 2 N–H and O–H groups in total. The van der Waals surface area contributed by atoms with Gasteiger partial charge in [0.25, 0.3) is 0 Å². The van der Waals surface area contributed by atoms with Gasteiger partial charge in [0.15, 0.2) is 5.57 Å². The molecule has 0 bridgehead atoms. The third-order valence-corrected chi connectivity index (χ3v) is 3.79. The zero-order valence-corrected chi connectivity index (χ0v) is 14.6. The molecule has 2 rings (SSSR count). The number of esters is 1. The largest absolute Gasteiger partial charge is 0.478 e. The van der Waals surface area contributed by atoms with Crippen LogP contribution in [0.3, 0.4) is 0 Å². The molecule has 0 aromatic carbocycles. The Balaban J connectivity index is 2.29. The van der Waals surface area contributed by atoms with Crippen molar-refractivity contribution in [1.82, 2.24) is 0 Å². The van der Waals surface area contributed by atoms with Crippen molar-refractivity contribution in [3.05, 3.63) is 41.1 Å². The number of nitrogens with one attached hydrogen (secondary N) is 1. The van der Waals surface area contributed by atoms with E-state index in [-0.39, 0.29) is 16.1 Å². The zero-order chi connectivity index (χ0) is 18.6. The van der Waals surface area contributed by atoms with Crippen LogP contribution in [0.2, 0.25) is 0 Å². The molecule has 2 aromatic heterocycles. The van der Waals surface area contributed by atoms with E-state index in [2.05, 4.69) is 5.32 Å². The Morgan fingerprint density at radius 3 is 2.68 bits per heavy atom. The molecular formula is C17H16N2O5S. The van der Waals surface area contributed by atoms with Gasteiger partial charge in [0.05, 0.1) is 6.26 Å². The maximum atomic E-state index is 11.9. The van der Waals surface area contributed by atoms with E-state index >= 15 is 0 Å². The number of carbonyl (C=O) groups is 2. The van der Waals surface area contributed by atoms with Crippen LogP contribution in [-0.2, 0) is 9.53 Å². The van der Waals surface area contributed by atoms with Crippen molar-refractivity contribution in [2.24, 2.45) is 0 Å². The minimum Gasteiger partial charge on any atom is -0.478 e. The second kappa shape index (κ2) is 7.23. The van der Waals surface area contributed by atoms with Crippen molar-refractivity contribution >= 4 is 28.3 Å². The number of nitrogens with zero attached hydrogens (tertiary/aromatic N) is 1. The van der Waals surface area contributed by atoms with Gasteiger partial charge < -0.3 is 19.6 Å². The van der Waals surface area contributed by atoms with Crippen molar-refractivity contribution in [3.8, 4) is 17.4 Å². The van der Waals surface area contributed by atoms with Crippen molar-refractivity contribution in [1.29, 1.82) is 5.26 Å². The molecular weight excluding hydrogens is 344 g/mol. The second-order valence-electron chi connectivity index (χ2n) is 5.95. The highest BCUT2D eigenvalue weighted by molar-refractivity contribution is 7.15. The number of carbonyl (C=O) groups excluding carboxylic acids is 1. The number of anilines is 1. The lowest BCUT2D eigenvalue weighted by Gasteiger charge is -2.18. The minimum atomic E-state index is -1.15. The first-order valence-corrected chi connectivity index (χ1v) is 8.09. The van der Waals surface area contributed by atoms with E-state index in [9.17, 15) is 14.7 Å². The molecule has 0 saturated heterocycles. The molecule has 7 nitrogen and oxygen atoms in total. The van der Waals surface area contributed by atoms with Crippen LogP contribution in [0.25, 0.3) is 11.3 Å². The monoisotopic (exact) mass is 360 g/mol. The molecule has 0 radical (unpaired) electrons. The maximum Gasteiger partial charge on any atom is 0.350 e. The van der Waals surface area contributed by atoms with Crippen LogP contribution in [-0.4, -0.2) is 22.6 Å². The molecule has 2 aromatic rings. The smallest absolute Gasteiger partial charge is 0.350 e. The lowest BCUT2D eigenvalue weighted by molar-refractivity contribution is -0.149. The van der Waals surface area contributed by atoms with Gasteiger partial charge in [-0.1, -0.05) is 0 Å². The minimum absolute atomic E-state index is 0.00215. The summed E-state index contributed by atoms with van der Waals surface area (Å²) in [5.74, 6) is -1.53. The van der Waals surface area contributed by atoms with Gasteiger partial charge in [-0.15, -0.1) is 11.3 Å². The molecule has 0 fully saturated rings. The number of carboxylic acid groups (broad SMARTS) is 1. The highest BCUT2D eigenvalue weighted by atomic mass is 32.1. The van der Waals surface area contributed by atoms with Gasteiger partial charge in [-0.2, -0.15) is 5.26 Å². The fourth-order valence-electron chi connectivity index (χ4n) is 1.90. The Morgan fingerprint density at radius 1 is 1.44 bits per heavy atom. The molecule has 8 heteroatoms. The van der Waals surface area contributed by atoms with E-state index in [4.69, 9.17) is 14.4 Å². The van der Waals surface area contributed by atoms with Gasteiger partial charge in [-0.25, -0.2) is 9.59 Å². The Morgan fingerprint density at radius 2 is 2.16 bits per heavy atom. The van der Waals surface area contributed by atoms with Gasteiger partial charge in [-0.3, -0.25) is 0 Å². The summed E-state index contributed by atoms with van der Waals surface area (Å²) in [6.45, 7) is 5.06. The third-order valence-electron chi connectivity index (χ3n) is 2.88. The Labute approximate surface area is 148 Å². The summed E-state index contributed by atoms with van der Waals surface area (Å²) in [4.78, 5) is 23.5. The first kappa shape index (κ1) is 18.3. The number of aromatic carboxylic acids is 1. The van der Waals surface area contributed by atoms with Crippen LogP contribution in [0.15, 0.2) is 40.0 Å². The molecule has 25 heavy (non-hydrogen) atoms. The predicted octanol–water partition coefficient (Wildman–Crippen LogP) is 3.87. The zero-order valence-electron chi connectivity index (χ0n) is 13.8. The molecule has 130 valence electrons.